The molecular formula is C12H11F10NO7S. The monoisotopic (exact) mass is 503 g/mol. The molecule has 31 heavy (non-hydrogen) atoms. The van der Waals surface area contributed by atoms with E-state index in [9.17, 15) is 61.9 Å². The van der Waals surface area contributed by atoms with Gasteiger partial charge in [-0.1, -0.05) is 6.58 Å². The predicted molar refractivity (Wildman–Crippen MR) is 75.9 cm³/mol. The lowest BCUT2D eigenvalue weighted by Gasteiger charge is -2.32. The van der Waals surface area contributed by atoms with Gasteiger partial charge in [0.25, 0.3) is 0 Å². The summed E-state index contributed by atoms with van der Waals surface area (Å²) in [5.41, 5.74) is 1.81. The second-order valence-electron chi connectivity index (χ2n) is 5.49. The molecule has 0 radical (unpaired) electrons. The Kier molecular flexibility index (Phi) is 8.16. The van der Waals surface area contributed by atoms with Crippen molar-refractivity contribution in [2.45, 2.75) is 42.2 Å². The molecular weight excluding hydrogens is 492 g/mol. The number of nitrogens with two attached hydrogens (primary N) is 1. The van der Waals surface area contributed by atoms with E-state index in [1.807, 2.05) is 0 Å². The molecule has 3 N–H and O–H groups in total. The third-order valence-electron chi connectivity index (χ3n) is 3.21. The Bertz CT molecular complexity index is 821. The first-order valence-electron chi connectivity index (χ1n) is 7.16. The Morgan fingerprint density at radius 1 is 0.968 bits per heavy atom. The molecule has 0 aromatic heterocycles. The molecule has 1 unspecified atom stereocenters. The van der Waals surface area contributed by atoms with Gasteiger partial charge in [-0.05, 0) is 6.42 Å². The van der Waals surface area contributed by atoms with Crippen molar-refractivity contribution in [2.24, 2.45) is 5.73 Å². The highest BCUT2D eigenvalue weighted by atomic mass is 32.2. The molecule has 0 aromatic carbocycles. The van der Waals surface area contributed by atoms with Gasteiger partial charge in [0.2, 0.25) is 0 Å². The molecule has 0 spiro atoms. The predicted octanol–water partition coefficient (Wildman–Crippen LogP) is 2.30. The first kappa shape index (κ1) is 28.9. The summed E-state index contributed by atoms with van der Waals surface area (Å²) in [6, 6.07) is 0. The minimum atomic E-state index is -6.67. The zero-order valence-corrected chi connectivity index (χ0v) is 15.3. The summed E-state index contributed by atoms with van der Waals surface area (Å²) in [5, 5.41) is -6.08. The number of carbonyl (C=O) groups excluding carboxylic acids is 2. The molecule has 0 saturated carbocycles. The van der Waals surface area contributed by atoms with Crippen LogP contribution in [0.3, 0.4) is 0 Å². The topological polar surface area (TPSA) is 133 Å². The van der Waals surface area contributed by atoms with Gasteiger partial charge >= 0.3 is 51.3 Å². The third-order valence-corrected chi connectivity index (χ3v) is 4.16. The molecule has 0 aliphatic rings. The number of alkyl halides is 10. The van der Waals surface area contributed by atoms with Crippen LogP contribution in [0.15, 0.2) is 12.2 Å². The van der Waals surface area contributed by atoms with Crippen LogP contribution >= 0.6 is 0 Å². The Morgan fingerprint density at radius 2 is 1.42 bits per heavy atom. The summed E-state index contributed by atoms with van der Waals surface area (Å²) in [6.07, 6.45) is -15.7. The lowest BCUT2D eigenvalue weighted by atomic mass is 10.2. The molecule has 0 heterocycles. The van der Waals surface area contributed by atoms with Gasteiger partial charge in [-0.3, -0.25) is 9.35 Å². The number of hydrogen-bond acceptors (Lipinski definition) is 6. The van der Waals surface area contributed by atoms with Gasteiger partial charge in [0.1, 0.15) is 5.57 Å². The van der Waals surface area contributed by atoms with E-state index in [1.165, 1.54) is 0 Å². The van der Waals surface area contributed by atoms with E-state index in [1.54, 1.807) is 0 Å². The van der Waals surface area contributed by atoms with Crippen LogP contribution in [0.25, 0.3) is 0 Å². The molecule has 0 aliphatic heterocycles. The Morgan fingerprint density at radius 3 is 1.74 bits per heavy atom. The molecule has 0 aliphatic carbocycles. The molecule has 182 valence electrons. The van der Waals surface area contributed by atoms with E-state index in [2.05, 4.69) is 21.8 Å². The fourth-order valence-electron chi connectivity index (χ4n) is 1.58. The van der Waals surface area contributed by atoms with Crippen LogP contribution in [0.4, 0.5) is 43.9 Å². The summed E-state index contributed by atoms with van der Waals surface area (Å²) in [7, 11) is -6.67. The highest BCUT2D eigenvalue weighted by molar-refractivity contribution is 7.87. The molecule has 0 fully saturated rings. The number of halogens is 10. The van der Waals surface area contributed by atoms with Crippen molar-refractivity contribution in [1.82, 2.24) is 0 Å². The van der Waals surface area contributed by atoms with Crippen LogP contribution in [-0.4, -0.2) is 60.8 Å². The van der Waals surface area contributed by atoms with Crippen LogP contribution in [0.1, 0.15) is 12.8 Å². The van der Waals surface area contributed by atoms with Gasteiger partial charge in [-0.2, -0.15) is 52.3 Å². The number of ether oxygens (including phenoxy) is 2. The maximum Gasteiger partial charge on any atom is 0.466 e. The van der Waals surface area contributed by atoms with Gasteiger partial charge in [-0.25, -0.2) is 4.79 Å². The Labute approximate surface area is 165 Å². The Hall–Kier alpha value is -2.15. The molecule has 0 aromatic rings. The molecule has 8 nitrogen and oxygen atoms in total. The fourth-order valence-corrected chi connectivity index (χ4v) is 2.06. The minimum Gasteiger partial charge on any atom is -0.412 e. The van der Waals surface area contributed by atoms with E-state index >= 15 is 0 Å². The van der Waals surface area contributed by atoms with E-state index in [0.29, 0.717) is 0 Å². The quantitative estimate of drug-likeness (QED) is 0.117. The second-order valence-corrected chi connectivity index (χ2v) is 6.96. The van der Waals surface area contributed by atoms with Crippen molar-refractivity contribution in [3.8, 4) is 0 Å². The third kappa shape index (κ3) is 6.19. The molecule has 0 rings (SSSR count). The second kappa shape index (κ2) is 8.77. The lowest BCUT2D eigenvalue weighted by Crippen LogP contribution is -2.60. The van der Waals surface area contributed by atoms with Crippen LogP contribution in [-0.2, 0) is 29.2 Å². The molecule has 0 saturated heterocycles. The van der Waals surface area contributed by atoms with Crippen LogP contribution < -0.4 is 5.73 Å². The minimum absolute atomic E-state index is 1.62. The summed E-state index contributed by atoms with van der Waals surface area (Å²) in [4.78, 5) is 22.4. The number of primary amides is 1. The van der Waals surface area contributed by atoms with Gasteiger partial charge in [0.15, 0.2) is 0 Å². The number of esters is 1. The Balaban J connectivity index is 5.65. The summed E-state index contributed by atoms with van der Waals surface area (Å²) >= 11 is 0. The number of rotatable bonds is 10. The maximum absolute atomic E-state index is 13.3. The van der Waals surface area contributed by atoms with Crippen LogP contribution in [0, 0.1) is 0 Å². The first-order valence-corrected chi connectivity index (χ1v) is 8.60. The van der Waals surface area contributed by atoms with Gasteiger partial charge in [0.05, 0.1) is 6.61 Å². The van der Waals surface area contributed by atoms with Crippen molar-refractivity contribution in [3.63, 3.8) is 0 Å². The van der Waals surface area contributed by atoms with Crippen LogP contribution in [0.5, 0.6) is 0 Å². The van der Waals surface area contributed by atoms with Gasteiger partial charge in [-0.15, -0.1) is 0 Å². The fraction of sp³-hybridized carbons (Fsp3) is 0.667. The van der Waals surface area contributed by atoms with Crippen molar-refractivity contribution in [2.75, 3.05) is 6.61 Å². The highest BCUT2D eigenvalue weighted by Crippen LogP contribution is 2.42. The lowest BCUT2D eigenvalue weighted by molar-refractivity contribution is -0.347. The standard InChI is InChI=1S/C12H11F10NO7S/c1-5(10(15,16)17)6(24)30-9(7(23)25,11(18,19)20)29-4-2-3-8(13,14)12(21,22)31(26,27)28/h1-4H2,(H2,23,25)(H,26,27,28). The van der Waals surface area contributed by atoms with E-state index < -0.39 is 76.3 Å². The van der Waals surface area contributed by atoms with E-state index in [0.717, 1.165) is 0 Å². The molecule has 19 heteroatoms. The largest absolute Gasteiger partial charge is 0.466 e. The van der Waals surface area contributed by atoms with Crippen molar-refractivity contribution in [1.29, 1.82) is 0 Å². The zero-order chi connectivity index (χ0) is 25.3. The number of amides is 1. The van der Waals surface area contributed by atoms with Crippen molar-refractivity contribution in [3.05, 3.63) is 12.2 Å². The first-order chi connectivity index (χ1) is 13.4. The van der Waals surface area contributed by atoms with E-state index in [-0.39, 0.29) is 0 Å². The van der Waals surface area contributed by atoms with Crippen LogP contribution in [0.2, 0.25) is 0 Å². The van der Waals surface area contributed by atoms with Crippen molar-refractivity contribution >= 4 is 22.0 Å². The number of hydrogen-bond donors (Lipinski definition) is 2. The normalized spacial score (nSPS) is 15.8. The highest BCUT2D eigenvalue weighted by Gasteiger charge is 2.67. The summed E-state index contributed by atoms with van der Waals surface area (Å²) in [5.74, 6) is -16.2. The van der Waals surface area contributed by atoms with Gasteiger partial charge in [0, 0.05) is 6.42 Å². The average molecular weight is 503 g/mol. The SMILES string of the molecule is C=C(C(=O)OC(OCCCC(F)(F)C(F)(F)S(=O)(=O)O)(C(N)=O)C(F)(F)F)C(F)(F)F. The summed E-state index contributed by atoms with van der Waals surface area (Å²) < 4.78 is 165. The molecule has 1 atom stereocenters. The van der Waals surface area contributed by atoms with Gasteiger partial charge < -0.3 is 15.2 Å². The van der Waals surface area contributed by atoms with E-state index in [4.69, 9.17) is 4.55 Å². The van der Waals surface area contributed by atoms with Crippen molar-refractivity contribution < 1.29 is 75.9 Å². The average Bonchev–Trinajstić information content (AvgIpc) is 2.53. The number of carbonyl (C=O) groups is 2. The maximum atomic E-state index is 13.3. The smallest absolute Gasteiger partial charge is 0.412 e. The zero-order valence-electron chi connectivity index (χ0n) is 14.5. The summed E-state index contributed by atoms with van der Waals surface area (Å²) in [6.45, 7) is 0.251. The molecule has 1 amide bonds. The molecule has 0 bridgehead atoms.